The van der Waals surface area contributed by atoms with Crippen LogP contribution in [0, 0.1) is 5.82 Å². The summed E-state index contributed by atoms with van der Waals surface area (Å²) >= 11 is 1.65. The molecule has 0 bridgehead atoms. The van der Waals surface area contributed by atoms with Gasteiger partial charge in [0, 0.05) is 30.8 Å². The predicted molar refractivity (Wildman–Crippen MR) is 77.5 cm³/mol. The van der Waals surface area contributed by atoms with E-state index in [-0.39, 0.29) is 5.82 Å². The number of hydrogen-bond acceptors (Lipinski definition) is 5. The van der Waals surface area contributed by atoms with Gasteiger partial charge >= 0.3 is 0 Å². The number of nitrogens with zero attached hydrogens (tertiary/aromatic N) is 3. The summed E-state index contributed by atoms with van der Waals surface area (Å²) in [5.74, 6) is 0.641. The van der Waals surface area contributed by atoms with Crippen LogP contribution in [0.3, 0.4) is 0 Å². The van der Waals surface area contributed by atoms with Gasteiger partial charge in [-0.3, -0.25) is 4.90 Å². The van der Waals surface area contributed by atoms with E-state index in [2.05, 4.69) is 14.9 Å². The Morgan fingerprint density at radius 1 is 1.25 bits per heavy atom. The number of morpholine rings is 1. The lowest BCUT2D eigenvalue weighted by Gasteiger charge is -2.26. The number of rotatable bonds is 4. The molecule has 2 heterocycles. The molecule has 1 aromatic heterocycles. The van der Waals surface area contributed by atoms with E-state index in [4.69, 9.17) is 4.74 Å². The number of para-hydroxylation sites is 1. The maximum atomic E-state index is 13.7. The number of thioether (sulfide) groups is 1. The van der Waals surface area contributed by atoms with Crippen LogP contribution >= 0.6 is 11.8 Å². The Labute approximate surface area is 121 Å². The first kappa shape index (κ1) is 13.7. The maximum Gasteiger partial charge on any atom is 0.149 e. The van der Waals surface area contributed by atoms with Crippen LogP contribution in [-0.2, 0) is 4.74 Å². The zero-order chi connectivity index (χ0) is 13.8. The summed E-state index contributed by atoms with van der Waals surface area (Å²) in [5, 5.41) is 1.64. The van der Waals surface area contributed by atoms with E-state index < -0.39 is 0 Å². The Kier molecular flexibility index (Phi) is 4.44. The summed E-state index contributed by atoms with van der Waals surface area (Å²) in [4.78, 5) is 10.7. The van der Waals surface area contributed by atoms with E-state index in [1.807, 2.05) is 6.07 Å². The van der Waals surface area contributed by atoms with Crippen molar-refractivity contribution < 1.29 is 9.13 Å². The molecule has 0 amide bonds. The molecule has 106 valence electrons. The smallest absolute Gasteiger partial charge is 0.149 e. The third kappa shape index (κ3) is 3.08. The second kappa shape index (κ2) is 6.47. The van der Waals surface area contributed by atoms with E-state index in [1.165, 1.54) is 12.4 Å². The largest absolute Gasteiger partial charge is 0.379 e. The molecule has 1 aliphatic rings. The fourth-order valence-corrected chi connectivity index (χ4v) is 3.22. The van der Waals surface area contributed by atoms with Crippen LogP contribution < -0.4 is 0 Å². The van der Waals surface area contributed by atoms with Gasteiger partial charge in [0.1, 0.15) is 22.7 Å². The molecular weight excluding hydrogens is 277 g/mol. The Morgan fingerprint density at radius 3 is 2.95 bits per heavy atom. The fraction of sp³-hybridized carbons (Fsp3) is 0.429. The van der Waals surface area contributed by atoms with Gasteiger partial charge in [-0.2, -0.15) is 0 Å². The van der Waals surface area contributed by atoms with Gasteiger partial charge in [0.05, 0.1) is 13.2 Å². The first-order valence-corrected chi connectivity index (χ1v) is 7.65. The number of ether oxygens (including phenoxy) is 1. The number of fused-ring (bicyclic) bond motifs is 1. The SMILES string of the molecule is Fc1cccc2c(SCCN3CCOCC3)ncnc12. The highest BCUT2D eigenvalue weighted by Gasteiger charge is 2.11. The normalized spacial score (nSPS) is 16.6. The van der Waals surface area contributed by atoms with Crippen molar-refractivity contribution in [3.63, 3.8) is 0 Å². The molecule has 0 atom stereocenters. The van der Waals surface area contributed by atoms with E-state index in [0.717, 1.165) is 49.0 Å². The third-order valence-electron chi connectivity index (χ3n) is 3.33. The van der Waals surface area contributed by atoms with Crippen molar-refractivity contribution in [3.05, 3.63) is 30.3 Å². The molecule has 1 aliphatic heterocycles. The van der Waals surface area contributed by atoms with Gasteiger partial charge in [-0.1, -0.05) is 6.07 Å². The molecule has 4 nitrogen and oxygen atoms in total. The van der Waals surface area contributed by atoms with E-state index in [1.54, 1.807) is 17.8 Å². The molecule has 3 rings (SSSR count). The molecule has 0 N–H and O–H groups in total. The summed E-state index contributed by atoms with van der Waals surface area (Å²) in [5.41, 5.74) is 0.399. The van der Waals surface area contributed by atoms with Gasteiger partial charge in [0.2, 0.25) is 0 Å². The van der Waals surface area contributed by atoms with Crippen molar-refractivity contribution in [2.24, 2.45) is 0 Å². The first-order valence-electron chi connectivity index (χ1n) is 6.67. The van der Waals surface area contributed by atoms with Gasteiger partial charge in [-0.25, -0.2) is 14.4 Å². The molecule has 1 aromatic carbocycles. The number of halogens is 1. The molecule has 0 saturated carbocycles. The number of benzene rings is 1. The molecule has 0 radical (unpaired) electrons. The van der Waals surface area contributed by atoms with Gasteiger partial charge in [0.15, 0.2) is 0 Å². The second-order valence-corrected chi connectivity index (χ2v) is 5.70. The highest BCUT2D eigenvalue weighted by atomic mass is 32.2. The molecule has 1 saturated heterocycles. The van der Waals surface area contributed by atoms with E-state index in [0.29, 0.717) is 5.52 Å². The van der Waals surface area contributed by atoms with Gasteiger partial charge in [0.25, 0.3) is 0 Å². The fourth-order valence-electron chi connectivity index (χ4n) is 2.24. The Bertz CT molecular complexity index is 590. The van der Waals surface area contributed by atoms with Gasteiger partial charge in [-0.15, -0.1) is 11.8 Å². The third-order valence-corrected chi connectivity index (χ3v) is 4.31. The highest BCUT2D eigenvalue weighted by Crippen LogP contribution is 2.25. The van der Waals surface area contributed by atoms with Crippen molar-refractivity contribution in [1.82, 2.24) is 14.9 Å². The average Bonchev–Trinajstić information content (AvgIpc) is 2.49. The monoisotopic (exact) mass is 293 g/mol. The lowest BCUT2D eigenvalue weighted by atomic mass is 10.2. The predicted octanol–water partition coefficient (Wildman–Crippen LogP) is 2.19. The standard InChI is InChI=1S/C14H16FN3OS/c15-12-3-1-2-11-13(12)16-10-17-14(11)20-9-6-18-4-7-19-8-5-18/h1-3,10H,4-9H2. The average molecular weight is 293 g/mol. The zero-order valence-electron chi connectivity index (χ0n) is 11.1. The van der Waals surface area contributed by atoms with Crippen LogP contribution in [0.25, 0.3) is 10.9 Å². The quantitative estimate of drug-likeness (QED) is 0.638. The zero-order valence-corrected chi connectivity index (χ0v) is 11.9. The van der Waals surface area contributed by atoms with E-state index in [9.17, 15) is 4.39 Å². The minimum Gasteiger partial charge on any atom is -0.379 e. The Hall–Kier alpha value is -1.24. The topological polar surface area (TPSA) is 38.2 Å². The molecule has 0 spiro atoms. The second-order valence-electron chi connectivity index (χ2n) is 4.62. The van der Waals surface area contributed by atoms with Crippen LogP contribution in [0.1, 0.15) is 0 Å². The summed E-state index contributed by atoms with van der Waals surface area (Å²) in [6.07, 6.45) is 1.43. The van der Waals surface area contributed by atoms with Crippen LogP contribution in [0.4, 0.5) is 4.39 Å². The highest BCUT2D eigenvalue weighted by molar-refractivity contribution is 7.99. The van der Waals surface area contributed by atoms with Crippen molar-refractivity contribution >= 4 is 22.7 Å². The van der Waals surface area contributed by atoms with Crippen molar-refractivity contribution in [2.45, 2.75) is 5.03 Å². The van der Waals surface area contributed by atoms with E-state index >= 15 is 0 Å². The van der Waals surface area contributed by atoms with Crippen LogP contribution in [-0.4, -0.2) is 53.5 Å². The van der Waals surface area contributed by atoms with Crippen LogP contribution in [0.5, 0.6) is 0 Å². The minimum absolute atomic E-state index is 0.292. The molecular formula is C14H16FN3OS. The number of hydrogen-bond donors (Lipinski definition) is 0. The summed E-state index contributed by atoms with van der Waals surface area (Å²) in [7, 11) is 0. The summed E-state index contributed by atoms with van der Waals surface area (Å²) in [6, 6.07) is 5.00. The first-order chi connectivity index (χ1) is 9.84. The molecule has 2 aromatic rings. The molecule has 0 unspecified atom stereocenters. The molecule has 20 heavy (non-hydrogen) atoms. The Morgan fingerprint density at radius 2 is 2.10 bits per heavy atom. The molecule has 0 aliphatic carbocycles. The number of aromatic nitrogens is 2. The van der Waals surface area contributed by atoms with Crippen molar-refractivity contribution in [1.29, 1.82) is 0 Å². The maximum absolute atomic E-state index is 13.7. The lowest BCUT2D eigenvalue weighted by Crippen LogP contribution is -2.37. The molecule has 1 fully saturated rings. The minimum atomic E-state index is -0.292. The summed E-state index contributed by atoms with van der Waals surface area (Å²) in [6.45, 7) is 4.59. The van der Waals surface area contributed by atoms with Gasteiger partial charge < -0.3 is 4.74 Å². The lowest BCUT2D eigenvalue weighted by molar-refractivity contribution is 0.0410. The Balaban J connectivity index is 1.66. The van der Waals surface area contributed by atoms with Crippen LogP contribution in [0.2, 0.25) is 0 Å². The summed E-state index contributed by atoms with van der Waals surface area (Å²) < 4.78 is 19.0. The van der Waals surface area contributed by atoms with Crippen LogP contribution in [0.15, 0.2) is 29.6 Å². The van der Waals surface area contributed by atoms with Crippen molar-refractivity contribution in [2.75, 3.05) is 38.6 Å². The van der Waals surface area contributed by atoms with Crippen molar-refractivity contribution in [3.8, 4) is 0 Å². The molecule has 6 heteroatoms. The van der Waals surface area contributed by atoms with Gasteiger partial charge in [-0.05, 0) is 12.1 Å².